The van der Waals surface area contributed by atoms with Gasteiger partial charge >= 0.3 is 0 Å². The molecule has 3 heteroatoms. The van der Waals surface area contributed by atoms with Gasteiger partial charge in [0.1, 0.15) is 0 Å². The van der Waals surface area contributed by atoms with Crippen LogP contribution in [0.4, 0.5) is 0 Å². The molecule has 0 aromatic heterocycles. The first-order valence-corrected chi connectivity index (χ1v) is 8.11. The van der Waals surface area contributed by atoms with Crippen LogP contribution in [0.25, 0.3) is 0 Å². The van der Waals surface area contributed by atoms with Gasteiger partial charge in [0.15, 0.2) is 0 Å². The van der Waals surface area contributed by atoms with Crippen LogP contribution < -0.4 is 5.32 Å². The molecule has 110 valence electrons. The summed E-state index contributed by atoms with van der Waals surface area (Å²) in [5.74, 6) is 0. The Bertz CT molecular complexity index is 323. The van der Waals surface area contributed by atoms with Crippen LogP contribution in [0.5, 0.6) is 0 Å². The molecule has 19 heavy (non-hydrogen) atoms. The van der Waals surface area contributed by atoms with Crippen molar-refractivity contribution in [1.29, 1.82) is 0 Å². The van der Waals surface area contributed by atoms with Crippen LogP contribution in [0.1, 0.15) is 65.2 Å². The third-order valence-electron chi connectivity index (χ3n) is 5.91. The van der Waals surface area contributed by atoms with E-state index in [1.54, 1.807) is 0 Å². The summed E-state index contributed by atoms with van der Waals surface area (Å²) in [4.78, 5) is 0. The molecule has 2 N–H and O–H groups in total. The molecule has 2 aliphatic carbocycles. The summed E-state index contributed by atoms with van der Waals surface area (Å²) in [6.07, 6.45) is 10.3. The van der Waals surface area contributed by atoms with E-state index in [1.165, 1.54) is 44.9 Å². The molecule has 0 radical (unpaired) electrons. The lowest BCUT2D eigenvalue weighted by Crippen LogP contribution is -2.60. The molecule has 1 heterocycles. The number of ether oxygens (including phenoxy) is 1. The minimum Gasteiger partial charge on any atom is -0.392 e. The van der Waals surface area contributed by atoms with Crippen LogP contribution in [-0.2, 0) is 4.74 Å². The summed E-state index contributed by atoms with van der Waals surface area (Å²) in [5, 5.41) is 13.4. The molecular weight excluding hydrogens is 238 g/mol. The van der Waals surface area contributed by atoms with Crippen molar-refractivity contribution in [3.63, 3.8) is 0 Å². The van der Waals surface area contributed by atoms with Gasteiger partial charge in [-0.2, -0.15) is 0 Å². The molecule has 3 unspecified atom stereocenters. The number of nitrogens with one attached hydrogen (secondary N) is 1. The lowest BCUT2D eigenvalue weighted by Gasteiger charge is -2.50. The molecule has 1 spiro atoms. The van der Waals surface area contributed by atoms with Crippen LogP contribution >= 0.6 is 0 Å². The highest BCUT2D eigenvalue weighted by molar-refractivity contribution is 5.02. The maximum absolute atomic E-state index is 9.77. The number of rotatable bonds is 3. The molecule has 0 amide bonds. The van der Waals surface area contributed by atoms with Crippen LogP contribution in [0.2, 0.25) is 0 Å². The van der Waals surface area contributed by atoms with Crippen LogP contribution in [-0.4, -0.2) is 35.5 Å². The van der Waals surface area contributed by atoms with Gasteiger partial charge in [0, 0.05) is 18.0 Å². The standard InChI is InChI=1S/C16H29NO2/c1-15(2)13(10-14(15)18)17-11-12-6-9-16(19-12)7-4-3-5-8-16/h12-14,17-18H,3-11H2,1-2H3. The summed E-state index contributed by atoms with van der Waals surface area (Å²) in [6, 6.07) is 0.453. The fourth-order valence-electron chi connectivity index (χ4n) is 4.13. The zero-order valence-corrected chi connectivity index (χ0v) is 12.5. The predicted molar refractivity (Wildman–Crippen MR) is 76.1 cm³/mol. The van der Waals surface area contributed by atoms with Gasteiger partial charge in [0.05, 0.1) is 17.8 Å². The molecule has 2 saturated carbocycles. The summed E-state index contributed by atoms with van der Waals surface area (Å²) in [6.45, 7) is 5.26. The summed E-state index contributed by atoms with van der Waals surface area (Å²) in [5.41, 5.74) is 0.264. The Morgan fingerprint density at radius 3 is 2.53 bits per heavy atom. The zero-order chi connectivity index (χ0) is 13.5. The third-order valence-corrected chi connectivity index (χ3v) is 5.91. The van der Waals surface area contributed by atoms with Crippen molar-refractivity contribution in [1.82, 2.24) is 5.32 Å². The van der Waals surface area contributed by atoms with Gasteiger partial charge in [-0.15, -0.1) is 0 Å². The first-order chi connectivity index (χ1) is 9.02. The van der Waals surface area contributed by atoms with E-state index in [9.17, 15) is 5.11 Å². The molecule has 3 fully saturated rings. The first kappa shape index (κ1) is 13.8. The van der Waals surface area contributed by atoms with Crippen LogP contribution in [0.15, 0.2) is 0 Å². The minimum absolute atomic E-state index is 0.0289. The predicted octanol–water partition coefficient (Wildman–Crippen LogP) is 2.62. The molecule has 3 rings (SSSR count). The van der Waals surface area contributed by atoms with Gasteiger partial charge in [-0.3, -0.25) is 0 Å². The van der Waals surface area contributed by atoms with Gasteiger partial charge in [-0.05, 0) is 32.1 Å². The summed E-state index contributed by atoms with van der Waals surface area (Å²) in [7, 11) is 0. The van der Waals surface area contributed by atoms with E-state index >= 15 is 0 Å². The quantitative estimate of drug-likeness (QED) is 0.826. The van der Waals surface area contributed by atoms with Crippen molar-refractivity contribution in [2.75, 3.05) is 6.54 Å². The highest BCUT2D eigenvalue weighted by Gasteiger charge is 2.47. The second kappa shape index (κ2) is 5.01. The largest absolute Gasteiger partial charge is 0.392 e. The number of hydrogen-bond donors (Lipinski definition) is 2. The molecule has 1 saturated heterocycles. The Balaban J connectivity index is 1.45. The average molecular weight is 267 g/mol. The van der Waals surface area contributed by atoms with E-state index in [-0.39, 0.29) is 17.1 Å². The van der Waals surface area contributed by atoms with Crippen LogP contribution in [0, 0.1) is 5.41 Å². The molecule has 3 atom stereocenters. The Kier molecular flexibility index (Phi) is 3.65. The number of aliphatic hydroxyl groups is 1. The Labute approximate surface area is 117 Å². The van der Waals surface area contributed by atoms with Gasteiger partial charge in [-0.1, -0.05) is 33.1 Å². The lowest BCUT2D eigenvalue weighted by atomic mass is 9.64. The topological polar surface area (TPSA) is 41.5 Å². The van der Waals surface area contributed by atoms with Gasteiger partial charge < -0.3 is 15.2 Å². The highest BCUT2D eigenvalue weighted by Crippen LogP contribution is 2.43. The third kappa shape index (κ3) is 2.57. The summed E-state index contributed by atoms with van der Waals surface area (Å²) < 4.78 is 6.38. The highest BCUT2D eigenvalue weighted by atomic mass is 16.5. The fourth-order valence-corrected chi connectivity index (χ4v) is 4.13. The van der Waals surface area contributed by atoms with Gasteiger partial charge in [0.25, 0.3) is 0 Å². The van der Waals surface area contributed by atoms with E-state index < -0.39 is 0 Å². The van der Waals surface area contributed by atoms with E-state index in [1.807, 2.05) is 0 Å². The monoisotopic (exact) mass is 267 g/mol. The maximum Gasteiger partial charge on any atom is 0.0708 e. The van der Waals surface area contributed by atoms with Crippen molar-refractivity contribution < 1.29 is 9.84 Å². The Hall–Kier alpha value is -0.120. The smallest absolute Gasteiger partial charge is 0.0708 e. The molecule has 0 aromatic rings. The molecule has 0 aromatic carbocycles. The molecule has 1 aliphatic heterocycles. The second-order valence-corrected chi connectivity index (χ2v) is 7.56. The second-order valence-electron chi connectivity index (χ2n) is 7.56. The lowest BCUT2D eigenvalue weighted by molar-refractivity contribution is -0.0874. The van der Waals surface area contributed by atoms with Crippen LogP contribution in [0.3, 0.4) is 0 Å². The van der Waals surface area contributed by atoms with E-state index in [4.69, 9.17) is 4.74 Å². The SMILES string of the molecule is CC1(C)C(O)CC1NCC1CCC2(CCCCC2)O1. The van der Waals surface area contributed by atoms with Crippen molar-refractivity contribution in [3.8, 4) is 0 Å². The average Bonchev–Trinajstić information content (AvgIpc) is 2.78. The van der Waals surface area contributed by atoms with E-state index in [2.05, 4.69) is 19.2 Å². The minimum atomic E-state index is -0.140. The Morgan fingerprint density at radius 2 is 1.89 bits per heavy atom. The normalized spacial score (nSPS) is 40.3. The van der Waals surface area contributed by atoms with Gasteiger partial charge in [0.2, 0.25) is 0 Å². The number of aliphatic hydroxyl groups excluding tert-OH is 1. The van der Waals surface area contributed by atoms with Crippen molar-refractivity contribution in [3.05, 3.63) is 0 Å². The first-order valence-electron chi connectivity index (χ1n) is 8.11. The van der Waals surface area contributed by atoms with Crippen molar-refractivity contribution >= 4 is 0 Å². The molecule has 3 aliphatic rings. The van der Waals surface area contributed by atoms with Crippen molar-refractivity contribution in [2.24, 2.45) is 5.41 Å². The van der Waals surface area contributed by atoms with E-state index in [0.29, 0.717) is 12.1 Å². The fraction of sp³-hybridized carbons (Fsp3) is 1.00. The molecule has 3 nitrogen and oxygen atoms in total. The molecule has 0 bridgehead atoms. The van der Waals surface area contributed by atoms with Gasteiger partial charge in [-0.25, -0.2) is 0 Å². The summed E-state index contributed by atoms with van der Waals surface area (Å²) >= 11 is 0. The Morgan fingerprint density at radius 1 is 1.16 bits per heavy atom. The van der Waals surface area contributed by atoms with E-state index in [0.717, 1.165) is 13.0 Å². The molecular formula is C16H29NO2. The van der Waals surface area contributed by atoms with Crippen molar-refractivity contribution in [2.45, 2.75) is 89.1 Å². The maximum atomic E-state index is 9.77. The number of hydrogen-bond acceptors (Lipinski definition) is 3. The zero-order valence-electron chi connectivity index (χ0n) is 12.5.